The van der Waals surface area contributed by atoms with Crippen LogP contribution in [0.15, 0.2) is 24.5 Å². The SMILES string of the molecule is Cn1cc([C@H]2OCCC[C@@H]2NC(=O)C2CC=CCC2)cn1. The molecular weight excluding hydrogens is 266 g/mol. The van der Waals surface area contributed by atoms with Gasteiger partial charge in [-0.05, 0) is 32.1 Å². The second kappa shape index (κ2) is 6.43. The molecule has 1 amide bonds. The van der Waals surface area contributed by atoms with Gasteiger partial charge < -0.3 is 10.1 Å². The third kappa shape index (κ3) is 3.35. The quantitative estimate of drug-likeness (QED) is 0.867. The van der Waals surface area contributed by atoms with E-state index in [0.29, 0.717) is 0 Å². The number of allylic oxidation sites excluding steroid dienone is 2. The van der Waals surface area contributed by atoms with Crippen molar-refractivity contribution in [2.75, 3.05) is 6.61 Å². The highest BCUT2D eigenvalue weighted by atomic mass is 16.5. The number of carbonyl (C=O) groups is 1. The second-order valence-electron chi connectivity index (χ2n) is 5.98. The Labute approximate surface area is 125 Å². The van der Waals surface area contributed by atoms with Crippen LogP contribution >= 0.6 is 0 Å². The smallest absolute Gasteiger partial charge is 0.223 e. The van der Waals surface area contributed by atoms with E-state index in [-0.39, 0.29) is 24.0 Å². The molecule has 114 valence electrons. The Morgan fingerprint density at radius 2 is 2.33 bits per heavy atom. The number of hydrogen-bond donors (Lipinski definition) is 1. The number of aromatic nitrogens is 2. The molecule has 1 aromatic rings. The van der Waals surface area contributed by atoms with Gasteiger partial charge in [-0.3, -0.25) is 9.48 Å². The first-order chi connectivity index (χ1) is 10.2. The molecule has 0 bridgehead atoms. The first kappa shape index (κ1) is 14.3. The molecule has 1 N–H and O–H groups in total. The normalized spacial score (nSPS) is 29.3. The van der Waals surface area contributed by atoms with Crippen molar-refractivity contribution in [3.05, 3.63) is 30.1 Å². The van der Waals surface area contributed by atoms with Crippen molar-refractivity contribution in [1.82, 2.24) is 15.1 Å². The minimum atomic E-state index is -0.0736. The highest BCUT2D eigenvalue weighted by molar-refractivity contribution is 5.79. The van der Waals surface area contributed by atoms with Crippen LogP contribution in [0.3, 0.4) is 0 Å². The van der Waals surface area contributed by atoms with E-state index >= 15 is 0 Å². The van der Waals surface area contributed by atoms with Crippen LogP contribution in [-0.2, 0) is 16.6 Å². The largest absolute Gasteiger partial charge is 0.371 e. The molecule has 1 aliphatic carbocycles. The van der Waals surface area contributed by atoms with Crippen LogP contribution in [0.25, 0.3) is 0 Å². The standard InChI is InChI=1S/C16H23N3O2/c1-19-11-13(10-17-19)15-14(8-5-9-21-15)18-16(20)12-6-3-2-4-7-12/h2-3,10-12,14-15H,4-9H2,1H3,(H,18,20)/t12?,14-,15+/m0/s1. The molecule has 0 saturated carbocycles. The summed E-state index contributed by atoms with van der Waals surface area (Å²) in [6.45, 7) is 0.748. The van der Waals surface area contributed by atoms with Gasteiger partial charge in [0.1, 0.15) is 6.10 Å². The lowest BCUT2D eigenvalue weighted by Gasteiger charge is -2.33. The highest BCUT2D eigenvalue weighted by Gasteiger charge is 2.31. The molecule has 5 heteroatoms. The number of rotatable bonds is 3. The number of aryl methyl sites for hydroxylation is 1. The second-order valence-corrected chi connectivity index (χ2v) is 5.98. The van der Waals surface area contributed by atoms with E-state index in [9.17, 15) is 4.79 Å². The number of ether oxygens (including phenoxy) is 1. The maximum atomic E-state index is 12.4. The van der Waals surface area contributed by atoms with E-state index in [2.05, 4.69) is 22.6 Å². The van der Waals surface area contributed by atoms with Crippen molar-refractivity contribution in [1.29, 1.82) is 0 Å². The molecule has 1 saturated heterocycles. The van der Waals surface area contributed by atoms with Crippen molar-refractivity contribution in [2.45, 2.75) is 44.2 Å². The van der Waals surface area contributed by atoms with Gasteiger partial charge in [0.25, 0.3) is 0 Å². The van der Waals surface area contributed by atoms with Crippen molar-refractivity contribution in [3.8, 4) is 0 Å². The van der Waals surface area contributed by atoms with Crippen LogP contribution in [0.5, 0.6) is 0 Å². The molecule has 3 atom stereocenters. The van der Waals surface area contributed by atoms with Gasteiger partial charge >= 0.3 is 0 Å². The molecule has 0 aromatic carbocycles. The highest BCUT2D eigenvalue weighted by Crippen LogP contribution is 2.29. The van der Waals surface area contributed by atoms with Crippen molar-refractivity contribution in [3.63, 3.8) is 0 Å². The van der Waals surface area contributed by atoms with Crippen molar-refractivity contribution >= 4 is 5.91 Å². The molecule has 1 fully saturated rings. The van der Waals surface area contributed by atoms with E-state index in [1.807, 2.05) is 19.4 Å². The third-order valence-corrected chi connectivity index (χ3v) is 4.34. The van der Waals surface area contributed by atoms with Crippen LogP contribution in [0.2, 0.25) is 0 Å². The number of amides is 1. The molecular formula is C16H23N3O2. The van der Waals surface area contributed by atoms with Crippen molar-refractivity contribution < 1.29 is 9.53 Å². The molecule has 3 rings (SSSR count). The number of nitrogens with one attached hydrogen (secondary N) is 1. The lowest BCUT2D eigenvalue weighted by molar-refractivity contribution is -0.128. The fourth-order valence-corrected chi connectivity index (χ4v) is 3.18. The van der Waals surface area contributed by atoms with Gasteiger partial charge in [-0.25, -0.2) is 0 Å². The fourth-order valence-electron chi connectivity index (χ4n) is 3.18. The Kier molecular flexibility index (Phi) is 4.39. The average Bonchev–Trinajstić information content (AvgIpc) is 2.95. The number of hydrogen-bond acceptors (Lipinski definition) is 3. The zero-order chi connectivity index (χ0) is 14.7. The van der Waals surface area contributed by atoms with Gasteiger partial charge in [-0.15, -0.1) is 0 Å². The molecule has 1 unspecified atom stereocenters. The van der Waals surface area contributed by atoms with E-state index in [0.717, 1.165) is 44.3 Å². The van der Waals surface area contributed by atoms with Crippen LogP contribution < -0.4 is 5.32 Å². The predicted octanol–water partition coefficient (Wildman–Crippen LogP) is 2.11. The van der Waals surface area contributed by atoms with Gasteiger partial charge in [0, 0.05) is 31.3 Å². The third-order valence-electron chi connectivity index (χ3n) is 4.34. The summed E-state index contributed by atoms with van der Waals surface area (Å²) in [6, 6.07) is 0.0568. The van der Waals surface area contributed by atoms with Gasteiger partial charge in [-0.2, -0.15) is 5.10 Å². The van der Waals surface area contributed by atoms with Crippen LogP contribution in [0.1, 0.15) is 43.8 Å². The Balaban J connectivity index is 1.66. The van der Waals surface area contributed by atoms with Gasteiger partial charge in [-0.1, -0.05) is 12.2 Å². The Bertz CT molecular complexity index is 523. The molecule has 2 heterocycles. The van der Waals surface area contributed by atoms with Gasteiger partial charge in [0.05, 0.1) is 12.2 Å². The topological polar surface area (TPSA) is 56.1 Å². The van der Waals surface area contributed by atoms with Gasteiger partial charge in [0.15, 0.2) is 0 Å². The fraction of sp³-hybridized carbons (Fsp3) is 0.625. The molecule has 2 aliphatic rings. The molecule has 1 aromatic heterocycles. The molecule has 1 aliphatic heterocycles. The monoisotopic (exact) mass is 289 g/mol. The summed E-state index contributed by atoms with van der Waals surface area (Å²) in [7, 11) is 1.90. The summed E-state index contributed by atoms with van der Waals surface area (Å²) in [5.74, 6) is 0.287. The zero-order valence-electron chi connectivity index (χ0n) is 12.5. The van der Waals surface area contributed by atoms with Crippen LogP contribution in [0.4, 0.5) is 0 Å². The number of carbonyl (C=O) groups excluding carboxylic acids is 1. The average molecular weight is 289 g/mol. The van der Waals surface area contributed by atoms with Crippen molar-refractivity contribution in [2.24, 2.45) is 13.0 Å². The summed E-state index contributed by atoms with van der Waals surface area (Å²) in [5.41, 5.74) is 1.05. The lowest BCUT2D eigenvalue weighted by Crippen LogP contribution is -2.45. The first-order valence-corrected chi connectivity index (χ1v) is 7.79. The van der Waals surface area contributed by atoms with E-state index in [4.69, 9.17) is 4.74 Å². The summed E-state index contributed by atoms with van der Waals surface area (Å²) in [5, 5.41) is 7.42. The zero-order valence-corrected chi connectivity index (χ0v) is 12.5. The van der Waals surface area contributed by atoms with Crippen LogP contribution in [0, 0.1) is 5.92 Å². The van der Waals surface area contributed by atoms with E-state index in [1.54, 1.807) is 4.68 Å². The maximum Gasteiger partial charge on any atom is 0.223 e. The summed E-state index contributed by atoms with van der Waals surface area (Å²) in [4.78, 5) is 12.4. The maximum absolute atomic E-state index is 12.4. The Morgan fingerprint density at radius 1 is 1.43 bits per heavy atom. The summed E-state index contributed by atoms with van der Waals surface area (Å²) >= 11 is 0. The first-order valence-electron chi connectivity index (χ1n) is 7.79. The minimum absolute atomic E-state index is 0.0568. The van der Waals surface area contributed by atoms with Gasteiger partial charge in [0.2, 0.25) is 5.91 Å². The Hall–Kier alpha value is -1.62. The minimum Gasteiger partial charge on any atom is -0.371 e. The number of nitrogens with zero attached hydrogens (tertiary/aromatic N) is 2. The summed E-state index contributed by atoms with van der Waals surface area (Å²) < 4.78 is 7.67. The van der Waals surface area contributed by atoms with E-state index in [1.165, 1.54) is 0 Å². The summed E-state index contributed by atoms with van der Waals surface area (Å²) in [6.07, 6.45) is 12.8. The van der Waals surface area contributed by atoms with E-state index < -0.39 is 0 Å². The molecule has 5 nitrogen and oxygen atoms in total. The lowest BCUT2D eigenvalue weighted by atomic mass is 9.92. The molecule has 0 radical (unpaired) electrons. The molecule has 21 heavy (non-hydrogen) atoms. The molecule has 0 spiro atoms. The Morgan fingerprint density at radius 3 is 3.05 bits per heavy atom. The predicted molar refractivity (Wildman–Crippen MR) is 79.5 cm³/mol. The van der Waals surface area contributed by atoms with Crippen LogP contribution in [-0.4, -0.2) is 28.3 Å².